The summed E-state index contributed by atoms with van der Waals surface area (Å²) in [5, 5.41) is 15.1. The van der Waals surface area contributed by atoms with Crippen molar-refractivity contribution in [3.63, 3.8) is 0 Å². The molecule has 0 bridgehead atoms. The van der Waals surface area contributed by atoms with Crippen LogP contribution in [0.3, 0.4) is 0 Å². The average molecular weight is 1200 g/mol. The van der Waals surface area contributed by atoms with Gasteiger partial charge in [0.1, 0.15) is 12.3 Å². The predicted molar refractivity (Wildman–Crippen MR) is 266 cm³/mol. The van der Waals surface area contributed by atoms with E-state index in [0.29, 0.717) is 0 Å². The summed E-state index contributed by atoms with van der Waals surface area (Å²) in [6.07, 6.45) is 17.4. The molecular weight excluding hydrogens is 1150 g/mol. The summed E-state index contributed by atoms with van der Waals surface area (Å²) in [6, 6.07) is 81.3. The fourth-order valence-corrected chi connectivity index (χ4v) is 14.2. The molecule has 10 aromatic rings. The number of hydrogen-bond donors (Lipinski definition) is 0. The summed E-state index contributed by atoms with van der Waals surface area (Å²) in [4.78, 5) is 0. The summed E-state index contributed by atoms with van der Waals surface area (Å²) in [7, 11) is -1.57. The molecule has 0 heterocycles. The molecule has 0 saturated carbocycles. The van der Waals surface area contributed by atoms with Gasteiger partial charge in [0.25, 0.3) is 0 Å². The summed E-state index contributed by atoms with van der Waals surface area (Å²) >= 11 is 0. The minimum atomic E-state index is -0.783. The van der Waals surface area contributed by atoms with Gasteiger partial charge in [-0.25, -0.2) is 0 Å². The molecule has 0 N–H and O–H groups in total. The van der Waals surface area contributed by atoms with Crippen molar-refractivity contribution in [3.05, 3.63) is 254 Å². The van der Waals surface area contributed by atoms with Gasteiger partial charge in [-0.2, -0.15) is 0 Å². The van der Waals surface area contributed by atoms with Crippen LogP contribution in [0.1, 0.15) is 11.1 Å². The monoisotopic (exact) mass is 1200 g/mol. The van der Waals surface area contributed by atoms with Crippen LogP contribution < -0.4 is 21.2 Å². The molecule has 0 amide bonds. The Kier molecular flexibility index (Phi) is 17.3. The molecule has 0 fully saturated rings. The largest absolute Gasteiger partial charge is 1.00 e. The molecule has 0 aromatic heterocycles. The fraction of sp³-hybridized carbons (Fsp3) is 0.0345. The third-order valence-corrected chi connectivity index (χ3v) is 17.0. The van der Waals surface area contributed by atoms with Crippen molar-refractivity contribution in [3.8, 4) is 11.8 Å². The van der Waals surface area contributed by atoms with E-state index in [0.717, 1.165) is 54.2 Å². The van der Waals surface area contributed by atoms with Gasteiger partial charge in [0.2, 0.25) is 0 Å². The Morgan fingerprint density at radius 3 is 0.726 bits per heavy atom. The van der Waals surface area contributed by atoms with Crippen molar-refractivity contribution >= 4 is 80.2 Å². The molecular formula is C58H44Au2P2+2. The van der Waals surface area contributed by atoms with Crippen molar-refractivity contribution in [1.82, 2.24) is 0 Å². The smallest absolute Gasteiger partial charge is 0.366 e. The van der Waals surface area contributed by atoms with Gasteiger partial charge < -0.3 is 12.8 Å². The third-order valence-electron chi connectivity index (χ3n) is 10.9. The first-order valence-corrected chi connectivity index (χ1v) is 23.7. The second-order valence-electron chi connectivity index (χ2n) is 14.6. The minimum Gasteiger partial charge on any atom is -0.366 e. The van der Waals surface area contributed by atoms with Crippen LogP contribution in [0.15, 0.2) is 231 Å². The van der Waals surface area contributed by atoms with Gasteiger partial charge >= 0.3 is 44.8 Å². The van der Waals surface area contributed by atoms with Crippen molar-refractivity contribution in [2.45, 2.75) is 0 Å². The standard InChI is InChI=1S/C26H24P2.2C16H9.2Au/c1-5-13-23(14-6-1)27(24-15-7-2-8-16-24)21-22-28(25-17-9-3-10-18-25)26-19-11-4-12-20-26;2*1-2-14-15-9-5-3-7-12(15)11-13-8-4-6-10-16(13)14;;/h1-20H,21-22H2;2*3-11H;;/q;2*-1;2*+1/p+2. The molecule has 10 aromatic carbocycles. The van der Waals surface area contributed by atoms with Crippen LogP contribution in [0.25, 0.3) is 43.1 Å². The molecule has 0 aliphatic rings. The summed E-state index contributed by atoms with van der Waals surface area (Å²) in [6.45, 7) is 0. The summed E-state index contributed by atoms with van der Waals surface area (Å²) in [5.74, 6) is 5.13. The van der Waals surface area contributed by atoms with E-state index in [2.05, 4.69) is 170 Å². The number of fused-ring (bicyclic) bond motifs is 4. The van der Waals surface area contributed by atoms with Gasteiger partial charge in [-0.1, -0.05) is 191 Å². The predicted octanol–water partition coefficient (Wildman–Crippen LogP) is 12.6. The van der Waals surface area contributed by atoms with Crippen LogP contribution >= 0.6 is 15.8 Å². The summed E-state index contributed by atoms with van der Waals surface area (Å²) < 4.78 is 0. The van der Waals surface area contributed by atoms with E-state index in [1.807, 2.05) is 72.8 Å². The molecule has 0 aliphatic heterocycles. The van der Waals surface area contributed by atoms with E-state index in [1.165, 1.54) is 33.5 Å². The van der Waals surface area contributed by atoms with Crippen molar-refractivity contribution in [1.29, 1.82) is 0 Å². The normalized spacial score (nSPS) is 10.4. The van der Waals surface area contributed by atoms with Crippen LogP contribution in [0.4, 0.5) is 0 Å². The van der Waals surface area contributed by atoms with Crippen LogP contribution in [-0.2, 0) is 44.8 Å². The Morgan fingerprint density at radius 2 is 0.500 bits per heavy atom. The van der Waals surface area contributed by atoms with E-state index in [4.69, 9.17) is 12.8 Å². The maximum Gasteiger partial charge on any atom is 1.00 e. The van der Waals surface area contributed by atoms with Gasteiger partial charge in [0, 0.05) is 0 Å². The van der Waals surface area contributed by atoms with Crippen molar-refractivity contribution in [2.24, 2.45) is 0 Å². The average Bonchev–Trinajstić information content (AvgIpc) is 3.33. The van der Waals surface area contributed by atoms with Gasteiger partial charge in [-0.15, -0.1) is 11.1 Å². The summed E-state index contributed by atoms with van der Waals surface area (Å²) in [5.41, 5.74) is 1.77. The maximum atomic E-state index is 7.46. The maximum absolute atomic E-state index is 7.46. The van der Waals surface area contributed by atoms with Gasteiger partial charge in [0.05, 0.1) is 37.1 Å². The number of rotatable bonds is 7. The number of hydrogen-bond acceptors (Lipinski definition) is 0. The number of benzene rings is 10. The van der Waals surface area contributed by atoms with E-state index in [-0.39, 0.29) is 44.8 Å². The zero-order chi connectivity index (χ0) is 40.9. The first-order valence-electron chi connectivity index (χ1n) is 20.3. The molecule has 0 saturated heterocycles. The minimum absolute atomic E-state index is 0. The molecule has 0 aliphatic carbocycles. The Hall–Kier alpha value is -5.30. The molecule has 0 unspecified atom stereocenters. The van der Waals surface area contributed by atoms with Gasteiger partial charge in [-0.3, -0.25) is 11.8 Å². The van der Waals surface area contributed by atoms with Crippen LogP contribution in [0, 0.1) is 24.7 Å². The van der Waals surface area contributed by atoms with Crippen LogP contribution in [0.2, 0.25) is 0 Å². The Bertz CT molecular complexity index is 2670. The van der Waals surface area contributed by atoms with E-state index in [9.17, 15) is 0 Å². The zero-order valence-corrected chi connectivity index (χ0v) is 40.3. The van der Waals surface area contributed by atoms with E-state index >= 15 is 0 Å². The molecule has 0 spiro atoms. The van der Waals surface area contributed by atoms with Crippen LogP contribution in [-0.4, -0.2) is 12.3 Å². The van der Waals surface area contributed by atoms with Crippen molar-refractivity contribution in [2.75, 3.05) is 12.3 Å². The van der Waals surface area contributed by atoms with E-state index < -0.39 is 15.8 Å². The van der Waals surface area contributed by atoms with E-state index in [1.54, 1.807) is 0 Å². The van der Waals surface area contributed by atoms with Gasteiger partial charge in [-0.05, 0) is 82.2 Å². The Balaban J connectivity index is 0.000000162. The second kappa shape index (κ2) is 23.2. The Labute approximate surface area is 400 Å². The molecule has 4 heteroatoms. The molecule has 0 atom stereocenters. The third kappa shape index (κ3) is 11.0. The Morgan fingerprint density at radius 1 is 0.290 bits per heavy atom. The quantitative estimate of drug-likeness (QED) is 0.0491. The first-order chi connectivity index (χ1) is 29.7. The molecule has 306 valence electrons. The zero-order valence-electron chi connectivity index (χ0n) is 34.0. The fourth-order valence-electron chi connectivity index (χ4n) is 8.01. The SMILES string of the molecule is [Au+].[Au+].[C-]#Cc1c2ccccc2cc2ccccc12.[C-]#Cc1c2ccccc2cc2ccccc12.c1ccc([PH+](CC[PH+](c2ccccc2)c2ccccc2)c2ccccc2)cc1. The first kappa shape index (κ1) is 46.2. The molecule has 10 rings (SSSR count). The molecule has 62 heavy (non-hydrogen) atoms. The molecule has 0 nitrogen and oxygen atoms in total. The molecule has 0 radical (unpaired) electrons. The van der Waals surface area contributed by atoms with Crippen LogP contribution in [0.5, 0.6) is 0 Å². The topological polar surface area (TPSA) is 0 Å². The second-order valence-corrected chi connectivity index (χ2v) is 19.8. The van der Waals surface area contributed by atoms with Gasteiger partial charge in [0.15, 0.2) is 0 Å². The van der Waals surface area contributed by atoms with Crippen molar-refractivity contribution < 1.29 is 44.8 Å².